The summed E-state index contributed by atoms with van der Waals surface area (Å²) in [6, 6.07) is 1.39. The zero-order valence-electron chi connectivity index (χ0n) is 11.8. The Bertz CT molecular complexity index is 949. The summed E-state index contributed by atoms with van der Waals surface area (Å²) < 4.78 is 44.0. The van der Waals surface area contributed by atoms with Crippen molar-refractivity contribution in [3.63, 3.8) is 0 Å². The number of alkyl halides is 3. The van der Waals surface area contributed by atoms with Gasteiger partial charge in [0.1, 0.15) is 11.9 Å². The van der Waals surface area contributed by atoms with Crippen molar-refractivity contribution in [3.8, 4) is 6.07 Å². The number of anilines is 1. The van der Waals surface area contributed by atoms with Gasteiger partial charge in [-0.1, -0.05) is 6.08 Å². The van der Waals surface area contributed by atoms with Crippen LogP contribution in [0, 0.1) is 16.7 Å². The van der Waals surface area contributed by atoms with Crippen molar-refractivity contribution in [2.75, 3.05) is 5.73 Å². The van der Waals surface area contributed by atoms with Crippen LogP contribution < -0.4 is 5.73 Å². The fraction of sp³-hybridized carbons (Fsp3) is 0.231. The Kier molecular flexibility index (Phi) is 3.52. The minimum Gasteiger partial charge on any atom is -0.396 e. The van der Waals surface area contributed by atoms with Gasteiger partial charge in [-0.05, 0) is 10.3 Å². The molecular formula is C13H8F3N7O. The van der Waals surface area contributed by atoms with Gasteiger partial charge in [0.25, 0.3) is 0 Å². The number of fused-ring (bicyclic) bond motifs is 2. The lowest BCUT2D eigenvalue weighted by Crippen LogP contribution is -2.20. The molecular weight excluding hydrogens is 327 g/mol. The Morgan fingerprint density at radius 3 is 2.75 bits per heavy atom. The third kappa shape index (κ3) is 2.58. The van der Waals surface area contributed by atoms with Crippen LogP contribution in [0.25, 0.3) is 11.2 Å². The van der Waals surface area contributed by atoms with Crippen LogP contribution in [0.4, 0.5) is 18.9 Å². The second-order valence-electron chi connectivity index (χ2n) is 4.90. The molecule has 24 heavy (non-hydrogen) atoms. The maximum absolute atomic E-state index is 13.2. The van der Waals surface area contributed by atoms with Crippen LogP contribution in [-0.4, -0.2) is 33.0 Å². The number of nitrogens with one attached hydrogen (secondary N) is 1. The van der Waals surface area contributed by atoms with E-state index in [2.05, 4.69) is 24.9 Å². The van der Waals surface area contributed by atoms with E-state index in [1.165, 1.54) is 6.07 Å². The molecule has 2 aromatic rings. The Hall–Kier alpha value is -3.29. The van der Waals surface area contributed by atoms with Gasteiger partial charge in [-0.2, -0.15) is 18.4 Å². The second kappa shape index (κ2) is 5.41. The van der Waals surface area contributed by atoms with Gasteiger partial charge < -0.3 is 5.73 Å². The summed E-state index contributed by atoms with van der Waals surface area (Å²) >= 11 is 0. The van der Waals surface area contributed by atoms with Gasteiger partial charge in [0.05, 0.1) is 17.0 Å². The summed E-state index contributed by atoms with van der Waals surface area (Å²) in [5.74, 6) is -0.450. The average molecular weight is 335 g/mol. The van der Waals surface area contributed by atoms with Crippen LogP contribution in [0.1, 0.15) is 11.3 Å². The molecule has 11 heteroatoms. The molecule has 2 aromatic heterocycles. The number of hydrogen-bond donors (Lipinski definition) is 2. The minimum absolute atomic E-state index is 0.0559. The molecule has 8 nitrogen and oxygen atoms in total. The smallest absolute Gasteiger partial charge is 0.396 e. The van der Waals surface area contributed by atoms with Crippen molar-refractivity contribution in [2.24, 2.45) is 4.99 Å². The summed E-state index contributed by atoms with van der Waals surface area (Å²) in [4.78, 5) is 7.57. The van der Waals surface area contributed by atoms with Crippen molar-refractivity contribution < 1.29 is 17.8 Å². The molecule has 0 bridgehead atoms. The molecule has 122 valence electrons. The van der Waals surface area contributed by atoms with Crippen LogP contribution in [0.2, 0.25) is 0 Å². The lowest BCUT2D eigenvalue weighted by molar-refractivity contribution is -0.0861. The first kappa shape index (κ1) is 15.6. The fourth-order valence-corrected chi connectivity index (χ4v) is 2.32. The topological polar surface area (TPSA) is 138 Å². The van der Waals surface area contributed by atoms with Gasteiger partial charge >= 0.3 is 6.18 Å². The number of aromatic nitrogens is 3. The maximum Gasteiger partial charge on any atom is 0.418 e. The normalized spacial score (nSPS) is 20.0. The Balaban J connectivity index is 2.24. The number of pyridine rings is 1. The van der Waals surface area contributed by atoms with Crippen LogP contribution in [0.3, 0.4) is 0 Å². The van der Waals surface area contributed by atoms with E-state index < -0.39 is 23.3 Å². The first-order chi connectivity index (χ1) is 11.3. The maximum atomic E-state index is 13.2. The van der Waals surface area contributed by atoms with E-state index in [0.29, 0.717) is 5.56 Å². The molecule has 0 saturated heterocycles. The molecule has 1 aliphatic rings. The Morgan fingerprint density at radius 2 is 2.08 bits per heavy atom. The highest BCUT2D eigenvalue weighted by Crippen LogP contribution is 2.30. The number of halogens is 3. The predicted octanol–water partition coefficient (Wildman–Crippen LogP) is 1.73. The lowest BCUT2D eigenvalue weighted by Gasteiger charge is -2.09. The number of nitrogens with two attached hydrogens (primary N) is 1. The molecule has 3 rings (SSSR count). The number of nitriles is 1. The molecule has 3 N–H and O–H groups in total. The number of rotatable bonds is 0. The van der Waals surface area contributed by atoms with Crippen LogP contribution in [0.15, 0.2) is 21.3 Å². The van der Waals surface area contributed by atoms with E-state index in [9.17, 15) is 13.2 Å². The first-order valence-corrected chi connectivity index (χ1v) is 6.54. The second-order valence-corrected chi connectivity index (χ2v) is 4.90. The predicted molar refractivity (Wildman–Crippen MR) is 76.3 cm³/mol. The Morgan fingerprint density at radius 1 is 1.33 bits per heavy atom. The van der Waals surface area contributed by atoms with E-state index in [0.717, 1.165) is 6.08 Å². The molecule has 3 heterocycles. The summed E-state index contributed by atoms with van der Waals surface area (Å²) in [7, 11) is 0. The molecule has 0 radical (unpaired) electrons. The summed E-state index contributed by atoms with van der Waals surface area (Å²) in [6.45, 7) is 0. The van der Waals surface area contributed by atoms with Crippen molar-refractivity contribution >= 4 is 28.4 Å². The number of nitrogens with zero attached hydrogens (tertiary/aromatic N) is 5. The highest BCUT2D eigenvalue weighted by atomic mass is 19.4. The van der Waals surface area contributed by atoms with Crippen LogP contribution >= 0.6 is 0 Å². The van der Waals surface area contributed by atoms with Crippen molar-refractivity contribution in [1.82, 2.24) is 15.3 Å². The van der Waals surface area contributed by atoms with E-state index in [1.807, 2.05) is 0 Å². The zero-order valence-corrected chi connectivity index (χ0v) is 11.8. The molecule has 0 amide bonds. The van der Waals surface area contributed by atoms with E-state index in [-0.39, 0.29) is 35.4 Å². The largest absolute Gasteiger partial charge is 0.418 e. The Labute approximate surface area is 132 Å². The molecule has 0 spiro atoms. The fourth-order valence-electron chi connectivity index (χ4n) is 2.32. The minimum atomic E-state index is -4.79. The van der Waals surface area contributed by atoms with Gasteiger partial charge in [-0.15, -0.1) is 0 Å². The number of nitrogen functional groups attached to an aromatic ring is 1. The average Bonchev–Trinajstić information content (AvgIpc) is 2.98. The van der Waals surface area contributed by atoms with Crippen LogP contribution in [0.5, 0.6) is 0 Å². The molecule has 1 aliphatic heterocycles. The molecule has 0 fully saturated rings. The highest BCUT2D eigenvalue weighted by Gasteiger charge is 2.37. The van der Waals surface area contributed by atoms with Crippen LogP contribution in [-0.2, 0) is 12.8 Å². The van der Waals surface area contributed by atoms with Gasteiger partial charge in [0.2, 0.25) is 5.65 Å². The highest BCUT2D eigenvalue weighted by molar-refractivity contribution is 6.16. The monoisotopic (exact) mass is 335 g/mol. The number of hydrogen-bond acceptors (Lipinski definition) is 7. The van der Waals surface area contributed by atoms with Crippen molar-refractivity contribution in [3.05, 3.63) is 22.9 Å². The summed E-state index contributed by atoms with van der Waals surface area (Å²) in [5.41, 5.74) is 4.68. The molecule has 0 saturated carbocycles. The van der Waals surface area contributed by atoms with Gasteiger partial charge in [0.15, 0.2) is 11.2 Å². The lowest BCUT2D eigenvalue weighted by atomic mass is 10.0. The zero-order chi connectivity index (χ0) is 17.5. The summed E-state index contributed by atoms with van der Waals surface area (Å²) in [5, 5.41) is 23.8. The molecule has 0 aromatic carbocycles. The van der Waals surface area contributed by atoms with Crippen molar-refractivity contribution in [2.45, 2.75) is 19.0 Å². The van der Waals surface area contributed by atoms with Gasteiger partial charge in [-0.3, -0.25) is 5.41 Å². The van der Waals surface area contributed by atoms with Gasteiger partial charge in [0, 0.05) is 18.4 Å². The molecule has 0 aliphatic carbocycles. The van der Waals surface area contributed by atoms with E-state index in [4.69, 9.17) is 16.4 Å². The number of amidine groups is 1. The number of aliphatic imine (C=N–C) groups is 1. The quantitative estimate of drug-likeness (QED) is 0.752. The molecule has 0 unspecified atom stereocenters. The third-order valence-electron chi connectivity index (χ3n) is 3.40. The van der Waals surface area contributed by atoms with Crippen molar-refractivity contribution in [1.29, 1.82) is 10.7 Å². The third-order valence-corrected chi connectivity index (χ3v) is 3.40. The SMILES string of the molecule is N#CC1=N/C(=N)Cc2c(nc3nonc3c2N)C/C=C\1C(F)(F)F. The number of allylic oxidation sites excluding steroid dienone is 2. The van der Waals surface area contributed by atoms with Gasteiger partial charge in [-0.25, -0.2) is 14.6 Å². The van der Waals surface area contributed by atoms with E-state index in [1.54, 1.807) is 0 Å². The first-order valence-electron chi connectivity index (χ1n) is 6.54. The molecule has 0 atom stereocenters. The van der Waals surface area contributed by atoms with E-state index >= 15 is 0 Å². The standard InChI is InChI=1S/C13H8F3N7O/c14-13(15,16)6-1-2-7-5(3-9(18)20-8(6)4-17)10(19)11-12(21-7)23-24-22-11/h1,18H,2-3,19H2/b6-1+,18-9?,20-8-. The summed E-state index contributed by atoms with van der Waals surface area (Å²) in [6.07, 6.45) is -4.44.